The molecule has 0 radical (unpaired) electrons. The average molecular weight is 238 g/mol. The molecule has 0 spiro atoms. The molecular weight excluding hydrogens is 216 g/mol. The highest BCUT2D eigenvalue weighted by molar-refractivity contribution is 5.86. The van der Waals surface area contributed by atoms with Gasteiger partial charge in [-0.3, -0.25) is 4.79 Å². The Kier molecular flexibility index (Phi) is 4.53. The molecule has 0 aliphatic heterocycles. The summed E-state index contributed by atoms with van der Waals surface area (Å²) in [4.78, 5) is 12.2. The van der Waals surface area contributed by atoms with Crippen LogP contribution in [0.5, 0.6) is 0 Å². The van der Waals surface area contributed by atoms with Crippen molar-refractivity contribution in [2.24, 2.45) is 5.41 Å². The molecule has 4 heteroatoms. The van der Waals surface area contributed by atoms with Crippen molar-refractivity contribution in [1.29, 1.82) is 5.26 Å². The lowest BCUT2D eigenvalue weighted by molar-refractivity contribution is -0.131. The van der Waals surface area contributed by atoms with E-state index in [2.05, 4.69) is 11.4 Å². The van der Waals surface area contributed by atoms with Crippen molar-refractivity contribution in [2.45, 2.75) is 57.9 Å². The Morgan fingerprint density at radius 2 is 1.88 bits per heavy atom. The lowest BCUT2D eigenvalue weighted by atomic mass is 9.80. The fourth-order valence-electron chi connectivity index (χ4n) is 2.19. The van der Waals surface area contributed by atoms with Gasteiger partial charge in [0, 0.05) is 0 Å². The van der Waals surface area contributed by atoms with Gasteiger partial charge in [-0.05, 0) is 26.7 Å². The molecular formula is C13H22N2O2. The van der Waals surface area contributed by atoms with Gasteiger partial charge >= 0.3 is 0 Å². The lowest BCUT2D eigenvalue weighted by Gasteiger charge is -2.30. The number of carbonyl (C=O) groups is 1. The van der Waals surface area contributed by atoms with Crippen LogP contribution in [0.2, 0.25) is 0 Å². The van der Waals surface area contributed by atoms with Crippen molar-refractivity contribution in [3.63, 3.8) is 0 Å². The van der Waals surface area contributed by atoms with E-state index in [0.29, 0.717) is 12.8 Å². The number of amides is 1. The molecule has 1 rings (SSSR count). The molecule has 1 fully saturated rings. The van der Waals surface area contributed by atoms with Gasteiger partial charge in [-0.15, -0.1) is 0 Å². The number of rotatable bonds is 3. The van der Waals surface area contributed by atoms with Gasteiger partial charge in [-0.2, -0.15) is 5.26 Å². The third kappa shape index (κ3) is 3.44. The molecule has 4 nitrogen and oxygen atoms in total. The normalized spacial score (nSPS) is 20.1. The summed E-state index contributed by atoms with van der Waals surface area (Å²) in [5.74, 6) is -0.221. The summed E-state index contributed by atoms with van der Waals surface area (Å²) in [5, 5.41) is 21.3. The van der Waals surface area contributed by atoms with E-state index in [4.69, 9.17) is 5.11 Å². The summed E-state index contributed by atoms with van der Waals surface area (Å²) in [5.41, 5.74) is -1.55. The summed E-state index contributed by atoms with van der Waals surface area (Å²) in [7, 11) is 0. The zero-order chi connectivity index (χ0) is 12.9. The molecule has 0 saturated heterocycles. The van der Waals surface area contributed by atoms with E-state index in [9.17, 15) is 10.1 Å². The second-order valence-corrected chi connectivity index (χ2v) is 5.60. The van der Waals surface area contributed by atoms with E-state index in [0.717, 1.165) is 25.7 Å². The Bertz CT molecular complexity index is 310. The minimum Gasteiger partial charge on any atom is -0.394 e. The van der Waals surface area contributed by atoms with Crippen LogP contribution in [0.15, 0.2) is 0 Å². The maximum atomic E-state index is 12.2. The van der Waals surface area contributed by atoms with Crippen molar-refractivity contribution < 1.29 is 9.90 Å². The zero-order valence-corrected chi connectivity index (χ0v) is 10.8. The molecule has 0 unspecified atom stereocenters. The first-order valence-corrected chi connectivity index (χ1v) is 6.30. The second-order valence-electron chi connectivity index (χ2n) is 5.60. The number of carbonyl (C=O) groups excluding carboxylic acids is 1. The summed E-state index contributed by atoms with van der Waals surface area (Å²) in [6, 6.07) is 2.21. The van der Waals surface area contributed by atoms with Crippen LogP contribution in [0.3, 0.4) is 0 Å². The van der Waals surface area contributed by atoms with E-state index in [1.54, 1.807) is 13.8 Å². The van der Waals surface area contributed by atoms with Crippen molar-refractivity contribution >= 4 is 5.91 Å². The van der Waals surface area contributed by atoms with E-state index in [1.165, 1.54) is 0 Å². The summed E-state index contributed by atoms with van der Waals surface area (Å²) < 4.78 is 0. The molecule has 96 valence electrons. The van der Waals surface area contributed by atoms with Crippen LogP contribution < -0.4 is 5.32 Å². The van der Waals surface area contributed by atoms with Crippen LogP contribution in [0.1, 0.15) is 52.4 Å². The first kappa shape index (κ1) is 14.0. The fourth-order valence-corrected chi connectivity index (χ4v) is 2.19. The molecule has 1 aliphatic carbocycles. The maximum Gasteiger partial charge on any atom is 0.240 e. The quantitative estimate of drug-likeness (QED) is 0.735. The summed E-state index contributed by atoms with van der Waals surface area (Å²) >= 11 is 0. The highest BCUT2D eigenvalue weighted by Crippen LogP contribution is 2.35. The first-order chi connectivity index (χ1) is 7.96. The predicted octanol–water partition coefficient (Wildman–Crippen LogP) is 1.74. The topological polar surface area (TPSA) is 73.1 Å². The molecule has 1 amide bonds. The lowest BCUT2D eigenvalue weighted by Crippen LogP contribution is -2.52. The number of aliphatic hydroxyl groups excluding tert-OH is 1. The van der Waals surface area contributed by atoms with Gasteiger partial charge in [0.25, 0.3) is 0 Å². The Balaban J connectivity index is 2.79. The molecule has 0 bridgehead atoms. The molecule has 2 N–H and O–H groups in total. The average Bonchev–Trinajstić information content (AvgIpc) is 2.54. The SMILES string of the molecule is CC(C)(CO)NC(=O)C1(C#N)CCCCCC1. The number of hydrogen-bond acceptors (Lipinski definition) is 3. The molecule has 0 aromatic carbocycles. The standard InChI is InChI=1S/C13H22N2O2/c1-12(2,10-16)15-11(17)13(9-14)7-5-3-4-6-8-13/h16H,3-8,10H2,1-2H3,(H,15,17). The molecule has 0 aromatic heterocycles. The third-order valence-corrected chi connectivity index (χ3v) is 3.45. The van der Waals surface area contributed by atoms with Gasteiger partial charge in [0.1, 0.15) is 5.41 Å². The van der Waals surface area contributed by atoms with Crippen molar-refractivity contribution in [2.75, 3.05) is 6.61 Å². The van der Waals surface area contributed by atoms with Crippen molar-refractivity contribution in [3.8, 4) is 6.07 Å². The highest BCUT2D eigenvalue weighted by atomic mass is 16.3. The molecule has 0 heterocycles. The van der Waals surface area contributed by atoms with Crippen molar-refractivity contribution in [3.05, 3.63) is 0 Å². The number of hydrogen-bond donors (Lipinski definition) is 2. The van der Waals surface area contributed by atoms with Gasteiger partial charge in [0.2, 0.25) is 5.91 Å². The Labute approximate surface area is 103 Å². The smallest absolute Gasteiger partial charge is 0.240 e. The molecule has 0 atom stereocenters. The highest BCUT2D eigenvalue weighted by Gasteiger charge is 2.40. The third-order valence-electron chi connectivity index (χ3n) is 3.45. The summed E-state index contributed by atoms with van der Waals surface area (Å²) in [6.07, 6.45) is 5.33. The molecule has 0 aromatic rings. The van der Waals surface area contributed by atoms with Crippen LogP contribution in [0.25, 0.3) is 0 Å². The van der Waals surface area contributed by atoms with Crippen LogP contribution >= 0.6 is 0 Å². The number of nitrogens with one attached hydrogen (secondary N) is 1. The largest absolute Gasteiger partial charge is 0.394 e. The van der Waals surface area contributed by atoms with E-state index in [1.807, 2.05) is 0 Å². The second kappa shape index (κ2) is 5.50. The Morgan fingerprint density at radius 3 is 2.29 bits per heavy atom. The van der Waals surface area contributed by atoms with E-state index >= 15 is 0 Å². The number of aliphatic hydroxyl groups is 1. The van der Waals surface area contributed by atoms with Gasteiger partial charge in [-0.1, -0.05) is 25.7 Å². The van der Waals surface area contributed by atoms with Crippen LogP contribution in [0, 0.1) is 16.7 Å². The predicted molar refractivity (Wildman–Crippen MR) is 65.1 cm³/mol. The molecule has 1 saturated carbocycles. The number of nitriles is 1. The van der Waals surface area contributed by atoms with Crippen LogP contribution in [0.4, 0.5) is 0 Å². The summed E-state index contributed by atoms with van der Waals surface area (Å²) in [6.45, 7) is 3.39. The van der Waals surface area contributed by atoms with E-state index in [-0.39, 0.29) is 12.5 Å². The Morgan fingerprint density at radius 1 is 1.35 bits per heavy atom. The number of nitrogens with zero attached hydrogens (tertiary/aromatic N) is 1. The zero-order valence-electron chi connectivity index (χ0n) is 10.8. The van der Waals surface area contributed by atoms with Gasteiger partial charge in [0.05, 0.1) is 18.2 Å². The molecule has 1 aliphatic rings. The van der Waals surface area contributed by atoms with Gasteiger partial charge in [0.15, 0.2) is 0 Å². The van der Waals surface area contributed by atoms with Crippen LogP contribution in [-0.2, 0) is 4.79 Å². The minimum absolute atomic E-state index is 0.125. The Hall–Kier alpha value is -1.08. The van der Waals surface area contributed by atoms with Gasteiger partial charge < -0.3 is 10.4 Å². The molecule has 17 heavy (non-hydrogen) atoms. The van der Waals surface area contributed by atoms with Gasteiger partial charge in [-0.25, -0.2) is 0 Å². The van der Waals surface area contributed by atoms with Crippen LogP contribution in [-0.4, -0.2) is 23.2 Å². The monoisotopic (exact) mass is 238 g/mol. The maximum absolute atomic E-state index is 12.2. The van der Waals surface area contributed by atoms with Crippen molar-refractivity contribution in [1.82, 2.24) is 5.32 Å². The fraction of sp³-hybridized carbons (Fsp3) is 0.846. The van der Waals surface area contributed by atoms with E-state index < -0.39 is 11.0 Å². The first-order valence-electron chi connectivity index (χ1n) is 6.30. The minimum atomic E-state index is -0.886.